The van der Waals surface area contributed by atoms with Gasteiger partial charge in [-0.2, -0.15) is 0 Å². The molecule has 0 unspecified atom stereocenters. The highest BCUT2D eigenvalue weighted by atomic mass is 16.5. The first-order valence-electron chi connectivity index (χ1n) is 12.6. The third-order valence-electron chi connectivity index (χ3n) is 6.44. The van der Waals surface area contributed by atoms with E-state index in [1.807, 2.05) is 24.3 Å². The van der Waals surface area contributed by atoms with Gasteiger partial charge in [-0.1, -0.05) is 6.07 Å². The molecule has 0 saturated heterocycles. The zero-order valence-electron chi connectivity index (χ0n) is 22.9. The van der Waals surface area contributed by atoms with Gasteiger partial charge in [0, 0.05) is 38.6 Å². The van der Waals surface area contributed by atoms with Crippen LogP contribution in [0, 0.1) is 12.8 Å². The summed E-state index contributed by atoms with van der Waals surface area (Å²) < 4.78 is 20.0. The Morgan fingerprint density at radius 3 is 2.35 bits per heavy atom. The average molecular weight is 514 g/mol. The first-order chi connectivity index (χ1) is 17.6. The van der Waals surface area contributed by atoms with Gasteiger partial charge in [-0.15, -0.1) is 0 Å². The third-order valence-corrected chi connectivity index (χ3v) is 6.44. The van der Waals surface area contributed by atoms with E-state index in [4.69, 9.17) is 19.2 Å². The van der Waals surface area contributed by atoms with Crippen molar-refractivity contribution < 1.29 is 24.1 Å². The molecule has 3 aromatic rings. The van der Waals surface area contributed by atoms with Crippen molar-refractivity contribution in [3.63, 3.8) is 0 Å². The molecule has 0 fully saturated rings. The first-order valence-corrected chi connectivity index (χ1v) is 12.6. The van der Waals surface area contributed by atoms with Crippen LogP contribution in [0.5, 0.6) is 0 Å². The van der Waals surface area contributed by atoms with Crippen LogP contribution in [-0.2, 0) is 32.5 Å². The van der Waals surface area contributed by atoms with Gasteiger partial charge in [0.15, 0.2) is 0 Å². The number of aryl methyl sites for hydroxylation is 3. The molecule has 3 rings (SSSR count). The number of aliphatic hydroxyl groups is 1. The lowest BCUT2D eigenvalue weighted by Gasteiger charge is -2.21. The van der Waals surface area contributed by atoms with Crippen molar-refractivity contribution in [1.29, 1.82) is 0 Å². The maximum atomic E-state index is 12.5. The maximum absolute atomic E-state index is 12.5. The highest BCUT2D eigenvalue weighted by Gasteiger charge is 2.26. The van der Waals surface area contributed by atoms with E-state index in [1.54, 1.807) is 59.7 Å². The number of fused-ring (bicyclic) bond motifs is 1. The van der Waals surface area contributed by atoms with Crippen molar-refractivity contribution in [2.24, 2.45) is 13.0 Å². The van der Waals surface area contributed by atoms with Crippen LogP contribution in [0.15, 0.2) is 35.3 Å². The van der Waals surface area contributed by atoms with Crippen molar-refractivity contribution in [2.45, 2.75) is 58.8 Å². The number of carbonyl (C=O) groups is 1. The number of aliphatic hydroxyl groups excluding tert-OH is 1. The molecule has 202 valence electrons. The molecule has 0 saturated carbocycles. The molecule has 1 aromatic carbocycles. The fraction of sp³-hybridized carbons (Fsp3) is 0.536. The lowest BCUT2D eigenvalue weighted by Crippen LogP contribution is -2.30. The van der Waals surface area contributed by atoms with Crippen LogP contribution in [0.4, 0.5) is 0 Å². The number of hydrogen-bond donors (Lipinski definition) is 1. The van der Waals surface area contributed by atoms with Gasteiger partial charge in [-0.3, -0.25) is 9.59 Å². The summed E-state index contributed by atoms with van der Waals surface area (Å²) in [6.07, 6.45) is 1.79. The lowest BCUT2D eigenvalue weighted by molar-refractivity contribution is -0.156. The molecular weight excluding hydrogens is 474 g/mol. The Bertz CT molecular complexity index is 1240. The van der Waals surface area contributed by atoms with Gasteiger partial charge < -0.3 is 28.5 Å². The number of ether oxygens (including phenoxy) is 3. The van der Waals surface area contributed by atoms with Crippen LogP contribution in [0.2, 0.25) is 0 Å². The summed E-state index contributed by atoms with van der Waals surface area (Å²) in [5.41, 5.74) is 4.10. The van der Waals surface area contributed by atoms with E-state index in [0.29, 0.717) is 37.4 Å². The summed E-state index contributed by atoms with van der Waals surface area (Å²) in [5, 5.41) is 10.2. The molecule has 9 heteroatoms. The van der Waals surface area contributed by atoms with Crippen molar-refractivity contribution in [2.75, 3.05) is 27.4 Å². The van der Waals surface area contributed by atoms with Crippen LogP contribution in [0.25, 0.3) is 22.4 Å². The molecule has 9 nitrogen and oxygen atoms in total. The van der Waals surface area contributed by atoms with E-state index >= 15 is 0 Å². The molecule has 2 aromatic heterocycles. The summed E-state index contributed by atoms with van der Waals surface area (Å²) in [6, 6.07) is 7.75. The van der Waals surface area contributed by atoms with Crippen molar-refractivity contribution >= 4 is 17.0 Å². The molecule has 2 atom stereocenters. The van der Waals surface area contributed by atoms with E-state index in [2.05, 4.69) is 4.57 Å². The summed E-state index contributed by atoms with van der Waals surface area (Å²) >= 11 is 0. The normalized spacial score (nSPS) is 13.5. The summed E-state index contributed by atoms with van der Waals surface area (Å²) in [7, 11) is 5.03. The SMILES string of the molecule is COCC(COC)n1c(-c2cc(C)c(=O)n(C)c2)nc2cc(CC[C@H](C(=O)OC(C)C)[C@@H](C)O)ccc21. The molecule has 0 amide bonds. The molecule has 0 aliphatic heterocycles. The predicted octanol–water partition coefficient (Wildman–Crippen LogP) is 3.43. The zero-order chi connectivity index (χ0) is 27.3. The number of pyridine rings is 1. The van der Waals surface area contributed by atoms with Gasteiger partial charge in [-0.25, -0.2) is 4.98 Å². The van der Waals surface area contributed by atoms with Crippen molar-refractivity contribution in [1.82, 2.24) is 14.1 Å². The van der Waals surface area contributed by atoms with Crippen molar-refractivity contribution in [3.05, 3.63) is 51.9 Å². The minimum atomic E-state index is -0.808. The number of methoxy groups -OCH3 is 2. The molecule has 0 bridgehead atoms. The third kappa shape index (κ3) is 6.66. The van der Waals surface area contributed by atoms with Crippen molar-refractivity contribution in [3.8, 4) is 11.4 Å². The quantitative estimate of drug-likeness (QED) is 0.370. The maximum Gasteiger partial charge on any atom is 0.311 e. The Morgan fingerprint density at radius 1 is 1.11 bits per heavy atom. The largest absolute Gasteiger partial charge is 0.463 e. The van der Waals surface area contributed by atoms with Gasteiger partial charge in [-0.05, 0) is 64.3 Å². The average Bonchev–Trinajstić information content (AvgIpc) is 3.20. The predicted molar refractivity (Wildman–Crippen MR) is 143 cm³/mol. The van der Waals surface area contributed by atoms with Gasteiger partial charge in [0.05, 0.1) is 48.4 Å². The number of carbonyl (C=O) groups excluding carboxylic acids is 1. The van der Waals surface area contributed by atoms with Crippen LogP contribution in [0.1, 0.15) is 44.4 Å². The minimum absolute atomic E-state index is 0.0531. The molecule has 2 heterocycles. The first kappa shape index (κ1) is 28.6. The Hall–Kier alpha value is -3.01. The topological polar surface area (TPSA) is 105 Å². The van der Waals surface area contributed by atoms with Crippen LogP contribution >= 0.6 is 0 Å². The Labute approximate surface area is 218 Å². The molecule has 0 spiro atoms. The molecule has 1 N–H and O–H groups in total. The number of imidazole rings is 1. The lowest BCUT2D eigenvalue weighted by atomic mass is 9.95. The molecule has 0 aliphatic carbocycles. The fourth-order valence-electron chi connectivity index (χ4n) is 4.65. The van der Waals surface area contributed by atoms with Gasteiger partial charge in [0.2, 0.25) is 0 Å². The van der Waals surface area contributed by atoms with Crippen LogP contribution in [0.3, 0.4) is 0 Å². The van der Waals surface area contributed by atoms with Crippen LogP contribution < -0.4 is 5.56 Å². The van der Waals surface area contributed by atoms with E-state index in [9.17, 15) is 14.7 Å². The number of nitrogens with zero attached hydrogens (tertiary/aromatic N) is 3. The Kier molecular flexibility index (Phi) is 9.64. The van der Waals surface area contributed by atoms with E-state index < -0.39 is 12.0 Å². The van der Waals surface area contributed by atoms with E-state index in [1.165, 1.54) is 0 Å². The molecule has 0 radical (unpaired) electrons. The number of esters is 1. The number of hydrogen-bond acceptors (Lipinski definition) is 7. The van der Waals surface area contributed by atoms with Gasteiger partial charge in [0.25, 0.3) is 5.56 Å². The summed E-state index contributed by atoms with van der Waals surface area (Å²) in [5.74, 6) is -0.274. The molecular formula is C28H39N3O6. The van der Waals surface area contributed by atoms with E-state index in [0.717, 1.165) is 22.2 Å². The second-order valence-electron chi connectivity index (χ2n) is 9.89. The fourth-order valence-corrected chi connectivity index (χ4v) is 4.65. The minimum Gasteiger partial charge on any atom is -0.463 e. The number of aromatic nitrogens is 3. The Morgan fingerprint density at radius 2 is 1.78 bits per heavy atom. The van der Waals surface area contributed by atoms with Crippen LogP contribution in [-0.4, -0.2) is 64.8 Å². The smallest absolute Gasteiger partial charge is 0.311 e. The second-order valence-corrected chi connectivity index (χ2v) is 9.89. The molecule has 0 aliphatic rings. The standard InChI is InChI=1S/C28H39N3O6/c1-17(2)37-28(34)23(19(4)32)10-8-20-9-11-25-24(13-20)29-26(31(25)22(15-35-6)16-36-7)21-12-18(3)27(33)30(5)14-21/h9,11-14,17,19,22-23,32H,8,10,15-16H2,1-7H3/t19-,23+/m1/s1. The molecule has 37 heavy (non-hydrogen) atoms. The number of rotatable bonds is 12. The number of benzene rings is 1. The monoisotopic (exact) mass is 513 g/mol. The Balaban J connectivity index is 2.04. The zero-order valence-corrected chi connectivity index (χ0v) is 22.9. The van der Waals surface area contributed by atoms with E-state index in [-0.39, 0.29) is 23.7 Å². The summed E-state index contributed by atoms with van der Waals surface area (Å²) in [6.45, 7) is 7.85. The highest BCUT2D eigenvalue weighted by molar-refractivity contribution is 5.81. The summed E-state index contributed by atoms with van der Waals surface area (Å²) in [4.78, 5) is 29.8. The second kappa shape index (κ2) is 12.5. The van der Waals surface area contributed by atoms with Gasteiger partial charge >= 0.3 is 5.97 Å². The van der Waals surface area contributed by atoms with Gasteiger partial charge in [0.1, 0.15) is 5.82 Å². The highest BCUT2D eigenvalue weighted by Crippen LogP contribution is 2.30.